The van der Waals surface area contributed by atoms with Gasteiger partial charge in [-0.2, -0.15) is 0 Å². The molecule has 3 aliphatic carbocycles. The summed E-state index contributed by atoms with van der Waals surface area (Å²) in [5.41, 5.74) is 17.5. The van der Waals surface area contributed by atoms with E-state index in [1.165, 1.54) is 38.5 Å². The minimum atomic E-state index is 0.391. The van der Waals surface area contributed by atoms with Gasteiger partial charge in [0.25, 0.3) is 0 Å². The number of likely N-dealkylation sites (tertiary alicyclic amines) is 3. The fourth-order valence-electron chi connectivity index (χ4n) is 14.7. The highest BCUT2D eigenvalue weighted by atomic mass is 16.5. The van der Waals surface area contributed by atoms with Crippen LogP contribution in [0.1, 0.15) is 94.8 Å². The highest BCUT2D eigenvalue weighted by molar-refractivity contribution is 6.55. The number of rotatable bonds is 27. The van der Waals surface area contributed by atoms with Crippen LogP contribution in [0.5, 0.6) is 0 Å². The Balaban J connectivity index is 0.000000143. The molecule has 0 spiro atoms. The lowest BCUT2D eigenvalue weighted by molar-refractivity contribution is 0.212. The van der Waals surface area contributed by atoms with Crippen molar-refractivity contribution in [2.75, 3.05) is 176 Å². The van der Waals surface area contributed by atoms with E-state index in [2.05, 4.69) is 68.7 Å². The van der Waals surface area contributed by atoms with Gasteiger partial charge in [-0.1, -0.05) is 18.2 Å². The molecule has 12 heterocycles. The third-order valence-corrected chi connectivity index (χ3v) is 21.0. The zero-order valence-electron chi connectivity index (χ0n) is 65.1. The van der Waals surface area contributed by atoms with Crippen molar-refractivity contribution in [3.05, 3.63) is 160 Å². The van der Waals surface area contributed by atoms with Crippen molar-refractivity contribution in [3.63, 3.8) is 0 Å². The van der Waals surface area contributed by atoms with Crippen LogP contribution in [0.25, 0.3) is 33.8 Å². The molecule has 0 unspecified atom stereocenters. The van der Waals surface area contributed by atoms with Crippen molar-refractivity contribution >= 4 is 103 Å². The number of H-pyrrole nitrogens is 1. The molecule has 0 radical (unpaired) electrons. The Bertz CT molecular complexity index is 4940. The van der Waals surface area contributed by atoms with E-state index in [9.17, 15) is 0 Å². The van der Waals surface area contributed by atoms with E-state index in [0.29, 0.717) is 71.5 Å². The number of aromatic amines is 1. The van der Waals surface area contributed by atoms with Crippen LogP contribution in [0.3, 0.4) is 0 Å². The molecule has 570 valence electrons. The number of aliphatic imine (C=N–C) groups is 3. The SMILES string of the molecule is CN(C)CCNc1nn2ccccc2c1N=C1C=C(OCCN2CCCC2)c2c(ccn2C)C1=N.Cc1[nH]c2c(c1C)C(=N)C(=Nc1c(NCCN(C)C)nn3ccccc13)C=C2OCCN1CCCC1.Cc1c2c(n(C)c1C)C(OCCN1CCCC1)=CC(=Nc1c(NCCN(C)C)nn3ccccc13)C2=N. The van der Waals surface area contributed by atoms with Gasteiger partial charge in [-0.15, -0.1) is 15.3 Å². The number of aromatic nitrogens is 9. The first-order chi connectivity index (χ1) is 52.3. The number of anilines is 3. The second-order valence-electron chi connectivity index (χ2n) is 29.5. The number of aryl methyl sites for hydroxylation is 2. The first-order valence-electron chi connectivity index (χ1n) is 38.1. The number of nitrogens with one attached hydrogen (secondary N) is 7. The summed E-state index contributed by atoms with van der Waals surface area (Å²) in [7, 11) is 16.3. The van der Waals surface area contributed by atoms with E-state index in [0.717, 1.165) is 205 Å². The summed E-state index contributed by atoms with van der Waals surface area (Å²) in [4.78, 5) is 32.2. The quantitative estimate of drug-likeness (QED) is 0.0252. The molecular formula is C81H108N24O3. The zero-order valence-corrected chi connectivity index (χ0v) is 65.1. The van der Waals surface area contributed by atoms with Crippen molar-refractivity contribution in [2.24, 2.45) is 29.1 Å². The summed E-state index contributed by atoms with van der Waals surface area (Å²) in [5.74, 6) is 4.42. The summed E-state index contributed by atoms with van der Waals surface area (Å²) in [6.07, 6.45) is 21.1. The Hall–Kier alpha value is -10.3. The Labute approximate surface area is 633 Å². The molecule has 9 aromatic heterocycles. The highest BCUT2D eigenvalue weighted by Gasteiger charge is 2.33. The molecule has 0 saturated carbocycles. The topological polar surface area (TPSA) is 269 Å². The van der Waals surface area contributed by atoms with Crippen LogP contribution in [-0.4, -0.2) is 267 Å². The van der Waals surface area contributed by atoms with Gasteiger partial charge in [-0.25, -0.2) is 28.5 Å². The smallest absolute Gasteiger partial charge is 0.175 e. The van der Waals surface area contributed by atoms with Crippen LogP contribution in [0.4, 0.5) is 34.5 Å². The lowest BCUT2D eigenvalue weighted by atomic mass is 9.95. The molecule has 27 nitrogen and oxygen atoms in total. The van der Waals surface area contributed by atoms with Crippen LogP contribution in [0.15, 0.2) is 119 Å². The summed E-state index contributed by atoms with van der Waals surface area (Å²) in [6, 6.07) is 19.8. The minimum absolute atomic E-state index is 0.391. The van der Waals surface area contributed by atoms with Gasteiger partial charge in [-0.05, 0) is 201 Å². The molecule has 0 amide bonds. The number of allylic oxidation sites excluding steroid dienone is 3. The lowest BCUT2D eigenvalue weighted by Crippen LogP contribution is -2.25. The first-order valence-corrected chi connectivity index (χ1v) is 38.1. The minimum Gasteiger partial charge on any atom is -0.490 e. The van der Waals surface area contributed by atoms with Crippen molar-refractivity contribution < 1.29 is 14.2 Å². The zero-order chi connectivity index (χ0) is 75.7. The Morgan fingerprint density at radius 1 is 0.463 bits per heavy atom. The van der Waals surface area contributed by atoms with Gasteiger partial charge in [-0.3, -0.25) is 30.9 Å². The Morgan fingerprint density at radius 3 is 1.26 bits per heavy atom. The van der Waals surface area contributed by atoms with Gasteiger partial charge < -0.3 is 59.0 Å². The van der Waals surface area contributed by atoms with Gasteiger partial charge in [0.2, 0.25) is 0 Å². The molecular weight excluding hydrogens is 1360 g/mol. The Kier molecular flexibility index (Phi) is 24.1. The predicted molar refractivity (Wildman–Crippen MR) is 438 cm³/mol. The summed E-state index contributed by atoms with van der Waals surface area (Å²) >= 11 is 0. The van der Waals surface area contributed by atoms with Crippen LogP contribution in [0, 0.1) is 43.9 Å². The fraction of sp³-hybridized carbons (Fsp3) is 0.444. The van der Waals surface area contributed by atoms with Crippen LogP contribution >= 0.6 is 0 Å². The van der Waals surface area contributed by atoms with E-state index >= 15 is 0 Å². The van der Waals surface area contributed by atoms with Crippen molar-refractivity contribution in [1.29, 1.82) is 16.2 Å². The molecule has 0 bridgehead atoms. The maximum absolute atomic E-state index is 9.15. The Morgan fingerprint density at radius 2 is 0.843 bits per heavy atom. The predicted octanol–water partition coefficient (Wildman–Crippen LogP) is 11.0. The van der Waals surface area contributed by atoms with Gasteiger partial charge >= 0.3 is 0 Å². The maximum Gasteiger partial charge on any atom is 0.175 e. The summed E-state index contributed by atoms with van der Waals surface area (Å²) in [5, 5.41) is 51.6. The standard InChI is InChI=1S/C28H38N8O.C27H36N8O.C26H34N8O/c1-19-20(2)34(5)27-23(37-17-16-35-12-8-9-13-35)18-21(25(29)24(19)27)31-26-22-10-6-7-14-36(22)32-28(26)30-11-15-33(3)4;1-18-19(2)30-26-22(36-16-15-34-11-7-8-12-34)17-20(24(28)23(18)26)31-25-21-9-5-6-13-35(21)32-27(25)29-10-14-33(3)4;1-31(2)15-10-28-26-24(21-8-4-5-13-34(21)30-26)29-20-18-22(35-17-16-33-11-6-7-12-33)25-19(23(20)27)9-14-32(25)3/h6-7,10,14,18,29H,8-9,11-13,15-17H2,1-5H3,(H,30,32);5-6,9,13,17,28,30H,7-8,10-12,14-16H2,1-4H3,(H,29,32);4-5,8-9,13-14,18,27H,6-7,10-12,15-17H2,1-3H3,(H,28,30). The molecule has 7 N–H and O–H groups in total. The van der Waals surface area contributed by atoms with E-state index < -0.39 is 0 Å². The highest BCUT2D eigenvalue weighted by Crippen LogP contribution is 2.39. The average Bonchev–Trinajstić information content (AvgIpc) is 1.61. The third-order valence-electron chi connectivity index (χ3n) is 21.0. The molecule has 0 atom stereocenters. The van der Waals surface area contributed by atoms with E-state index in [-0.39, 0.29) is 0 Å². The number of fused-ring (bicyclic) bond motifs is 6. The largest absolute Gasteiger partial charge is 0.490 e. The molecule has 3 fully saturated rings. The summed E-state index contributed by atoms with van der Waals surface area (Å²) < 4.78 is 28.7. The van der Waals surface area contributed by atoms with E-state index in [1.807, 2.05) is 192 Å². The maximum atomic E-state index is 9.15. The van der Waals surface area contributed by atoms with Gasteiger partial charge in [0.1, 0.15) is 54.2 Å². The van der Waals surface area contributed by atoms with Crippen LogP contribution in [0.2, 0.25) is 0 Å². The summed E-state index contributed by atoms with van der Waals surface area (Å²) in [6.45, 7) is 24.6. The van der Waals surface area contributed by atoms with E-state index in [1.54, 1.807) is 0 Å². The van der Waals surface area contributed by atoms with E-state index in [4.69, 9.17) is 60.7 Å². The molecule has 0 aromatic carbocycles. The number of pyridine rings is 3. The molecule has 3 saturated heterocycles. The molecule has 108 heavy (non-hydrogen) atoms. The normalized spacial score (nSPS) is 17.3. The fourth-order valence-corrected chi connectivity index (χ4v) is 14.7. The van der Waals surface area contributed by atoms with Crippen LogP contribution in [-0.2, 0) is 28.3 Å². The molecule has 6 aliphatic rings. The van der Waals surface area contributed by atoms with Crippen molar-refractivity contribution in [3.8, 4) is 0 Å². The number of hydrogen-bond acceptors (Lipinski definition) is 21. The van der Waals surface area contributed by atoms with Crippen molar-refractivity contribution in [2.45, 2.75) is 66.2 Å². The number of likely N-dealkylation sites (N-methyl/N-ethyl adjacent to an activating group) is 3. The van der Waals surface area contributed by atoms with Gasteiger partial charge in [0.05, 0.1) is 67.9 Å². The molecule has 3 aliphatic heterocycles. The number of ether oxygens (including phenoxy) is 3. The second kappa shape index (κ2) is 34.3. The molecule has 27 heteroatoms. The number of hydrogen-bond donors (Lipinski definition) is 7. The molecule has 9 aromatic rings. The second-order valence-corrected chi connectivity index (χ2v) is 29.5. The molecule has 15 rings (SSSR count). The number of nitrogens with zero attached hydrogens (tertiary/aromatic N) is 17. The van der Waals surface area contributed by atoms with Crippen molar-refractivity contribution in [1.82, 2.24) is 72.4 Å². The third kappa shape index (κ3) is 17.0. The van der Waals surface area contributed by atoms with Gasteiger partial charge in [0.15, 0.2) is 17.5 Å². The van der Waals surface area contributed by atoms with Crippen LogP contribution < -0.4 is 16.0 Å². The monoisotopic (exact) mass is 1460 g/mol. The first kappa shape index (κ1) is 75.9. The van der Waals surface area contributed by atoms with Gasteiger partial charge in [0, 0.05) is 144 Å². The lowest BCUT2D eigenvalue weighted by Gasteiger charge is -2.21. The average molecular weight is 1470 g/mol.